The van der Waals surface area contributed by atoms with Crippen LogP contribution in [0.25, 0.3) is 0 Å². The van der Waals surface area contributed by atoms with E-state index in [1.807, 2.05) is 0 Å². The molecule has 0 amide bonds. The third-order valence-electron chi connectivity index (χ3n) is 1.89. The van der Waals surface area contributed by atoms with Crippen molar-refractivity contribution in [3.05, 3.63) is 0 Å². The fourth-order valence-corrected chi connectivity index (χ4v) is 1.18. The van der Waals surface area contributed by atoms with Crippen LogP contribution in [-0.2, 0) is 4.74 Å². The number of hydrogen-bond acceptors (Lipinski definition) is 2. The summed E-state index contributed by atoms with van der Waals surface area (Å²) in [6.45, 7) is -1.67. The average molecular weight is 266 g/mol. The Labute approximate surface area is 96.8 Å². The molecule has 1 nitrogen and oxygen atoms in total. The Balaban J connectivity index is 3.51. The quantitative estimate of drug-likeness (QED) is 0.400. The largest absolute Gasteiger partial charge is 0.455 e. The van der Waals surface area contributed by atoms with Crippen LogP contribution in [0.15, 0.2) is 0 Å². The second kappa shape index (κ2) is 7.32. The lowest BCUT2D eigenvalue weighted by molar-refractivity contribution is -0.296. The molecule has 0 saturated carbocycles. The maximum atomic E-state index is 12.3. The van der Waals surface area contributed by atoms with Crippen LogP contribution in [-0.4, -0.2) is 31.1 Å². The Morgan fingerprint density at radius 3 is 1.94 bits per heavy atom. The number of halogens is 5. The minimum Gasteiger partial charge on any atom is -0.375 e. The van der Waals surface area contributed by atoms with E-state index in [4.69, 9.17) is 0 Å². The first-order valence-electron chi connectivity index (χ1n) is 4.94. The highest BCUT2D eigenvalue weighted by Crippen LogP contribution is 2.35. The predicted octanol–water partition coefficient (Wildman–Crippen LogP) is 3.69. The molecule has 0 atom stereocenters. The summed E-state index contributed by atoms with van der Waals surface area (Å²) in [6, 6.07) is 0. The first-order valence-corrected chi connectivity index (χ1v) is 5.57. The molecule has 0 radical (unpaired) electrons. The van der Waals surface area contributed by atoms with Crippen molar-refractivity contribution < 1.29 is 26.7 Å². The van der Waals surface area contributed by atoms with Crippen LogP contribution in [0.2, 0.25) is 0 Å². The number of unbranched alkanes of at least 4 members (excludes halogenated alkanes) is 3. The van der Waals surface area contributed by atoms with Gasteiger partial charge in [-0.05, 0) is 18.6 Å². The van der Waals surface area contributed by atoms with E-state index in [2.05, 4.69) is 17.4 Å². The number of rotatable bonds is 8. The van der Waals surface area contributed by atoms with Gasteiger partial charge in [-0.25, -0.2) is 0 Å². The summed E-state index contributed by atoms with van der Waals surface area (Å²) >= 11 is 3.98. The molecular formula is C9H15F5OS. The maximum Gasteiger partial charge on any atom is 0.455 e. The summed E-state index contributed by atoms with van der Waals surface area (Å²) < 4.78 is 63.9. The van der Waals surface area contributed by atoms with Gasteiger partial charge in [0.25, 0.3) is 0 Å². The Morgan fingerprint density at radius 2 is 1.44 bits per heavy atom. The SMILES string of the molecule is FC(F)(F)C(F)(F)COCCCCCCS. The van der Waals surface area contributed by atoms with Gasteiger partial charge in [0, 0.05) is 6.61 Å². The van der Waals surface area contributed by atoms with Gasteiger partial charge in [0.05, 0.1) is 0 Å². The molecule has 0 aliphatic heterocycles. The van der Waals surface area contributed by atoms with Crippen LogP contribution in [0.4, 0.5) is 22.0 Å². The van der Waals surface area contributed by atoms with Crippen LogP contribution in [0.1, 0.15) is 25.7 Å². The lowest BCUT2D eigenvalue weighted by atomic mass is 10.2. The number of alkyl halides is 5. The molecular weight excluding hydrogens is 251 g/mol. The second-order valence-corrected chi connectivity index (χ2v) is 3.84. The van der Waals surface area contributed by atoms with E-state index in [0.717, 1.165) is 25.0 Å². The molecule has 16 heavy (non-hydrogen) atoms. The molecule has 0 aromatic carbocycles. The monoisotopic (exact) mass is 266 g/mol. The topological polar surface area (TPSA) is 9.23 Å². The zero-order valence-electron chi connectivity index (χ0n) is 8.70. The molecule has 0 spiro atoms. The molecule has 0 rings (SSSR count). The van der Waals surface area contributed by atoms with E-state index in [1.165, 1.54) is 0 Å². The van der Waals surface area contributed by atoms with Crippen molar-refractivity contribution in [1.29, 1.82) is 0 Å². The van der Waals surface area contributed by atoms with E-state index in [1.54, 1.807) is 0 Å². The number of thiol groups is 1. The summed E-state index contributed by atoms with van der Waals surface area (Å²) in [5.41, 5.74) is 0. The van der Waals surface area contributed by atoms with Crippen LogP contribution in [0, 0.1) is 0 Å². The minimum absolute atomic E-state index is 0.0712. The number of ether oxygens (including phenoxy) is 1. The molecule has 0 aromatic rings. The lowest BCUT2D eigenvalue weighted by Crippen LogP contribution is -2.40. The highest BCUT2D eigenvalue weighted by molar-refractivity contribution is 7.80. The molecule has 0 heterocycles. The van der Waals surface area contributed by atoms with Crippen molar-refractivity contribution in [1.82, 2.24) is 0 Å². The van der Waals surface area contributed by atoms with Gasteiger partial charge >= 0.3 is 12.1 Å². The van der Waals surface area contributed by atoms with Crippen LogP contribution >= 0.6 is 12.6 Å². The molecule has 98 valence electrons. The Morgan fingerprint density at radius 1 is 0.875 bits per heavy atom. The van der Waals surface area contributed by atoms with Gasteiger partial charge in [-0.1, -0.05) is 12.8 Å². The van der Waals surface area contributed by atoms with E-state index in [0.29, 0.717) is 6.42 Å². The van der Waals surface area contributed by atoms with Gasteiger partial charge in [0.1, 0.15) is 6.61 Å². The van der Waals surface area contributed by atoms with Crippen molar-refractivity contribution in [2.75, 3.05) is 19.0 Å². The maximum absolute atomic E-state index is 12.3. The van der Waals surface area contributed by atoms with Crippen molar-refractivity contribution in [2.45, 2.75) is 37.8 Å². The highest BCUT2D eigenvalue weighted by atomic mass is 32.1. The van der Waals surface area contributed by atoms with Gasteiger partial charge < -0.3 is 4.74 Å². The molecule has 0 aliphatic rings. The van der Waals surface area contributed by atoms with E-state index in [9.17, 15) is 22.0 Å². The van der Waals surface area contributed by atoms with Crippen LogP contribution in [0.5, 0.6) is 0 Å². The average Bonchev–Trinajstić information content (AvgIpc) is 2.14. The molecule has 0 aromatic heterocycles. The van der Waals surface area contributed by atoms with Crippen molar-refractivity contribution in [3.8, 4) is 0 Å². The van der Waals surface area contributed by atoms with Crippen LogP contribution < -0.4 is 0 Å². The van der Waals surface area contributed by atoms with Gasteiger partial charge in [0.2, 0.25) is 0 Å². The van der Waals surface area contributed by atoms with Gasteiger partial charge in [-0.15, -0.1) is 0 Å². The molecule has 0 bridgehead atoms. The Hall–Kier alpha value is -0.0400. The fraction of sp³-hybridized carbons (Fsp3) is 1.00. The molecule has 0 N–H and O–H groups in total. The minimum atomic E-state index is -5.53. The van der Waals surface area contributed by atoms with Gasteiger partial charge in [0.15, 0.2) is 0 Å². The van der Waals surface area contributed by atoms with E-state index < -0.39 is 18.7 Å². The van der Waals surface area contributed by atoms with E-state index >= 15 is 0 Å². The van der Waals surface area contributed by atoms with Crippen LogP contribution in [0.3, 0.4) is 0 Å². The molecule has 0 saturated heterocycles. The Kier molecular flexibility index (Phi) is 7.30. The first-order chi connectivity index (χ1) is 7.31. The summed E-state index contributed by atoms with van der Waals surface area (Å²) in [5, 5.41) is 0. The third-order valence-corrected chi connectivity index (χ3v) is 2.21. The fourth-order valence-electron chi connectivity index (χ4n) is 0.952. The van der Waals surface area contributed by atoms with E-state index in [-0.39, 0.29) is 6.61 Å². The standard InChI is InChI=1S/C9H15F5OS/c10-8(11,9(12,13)14)7-15-5-3-1-2-4-6-16/h16H,1-7H2. The van der Waals surface area contributed by atoms with Gasteiger partial charge in [-0.2, -0.15) is 34.6 Å². The van der Waals surface area contributed by atoms with Crippen molar-refractivity contribution in [3.63, 3.8) is 0 Å². The Bertz CT molecular complexity index is 183. The summed E-state index contributed by atoms with van der Waals surface area (Å²) in [6.07, 6.45) is -2.51. The lowest BCUT2D eigenvalue weighted by Gasteiger charge is -2.19. The summed E-state index contributed by atoms with van der Waals surface area (Å²) in [4.78, 5) is 0. The number of hydrogen-bond donors (Lipinski definition) is 1. The zero-order valence-corrected chi connectivity index (χ0v) is 9.59. The highest BCUT2D eigenvalue weighted by Gasteiger charge is 2.57. The summed E-state index contributed by atoms with van der Waals surface area (Å²) in [7, 11) is 0. The zero-order chi connectivity index (χ0) is 12.7. The van der Waals surface area contributed by atoms with Crippen molar-refractivity contribution in [2.24, 2.45) is 0 Å². The third kappa shape index (κ3) is 6.52. The van der Waals surface area contributed by atoms with Crippen molar-refractivity contribution >= 4 is 12.6 Å². The molecule has 0 unspecified atom stereocenters. The predicted molar refractivity (Wildman–Crippen MR) is 54.1 cm³/mol. The molecule has 0 aliphatic carbocycles. The second-order valence-electron chi connectivity index (χ2n) is 3.39. The first kappa shape index (κ1) is 16.0. The smallest absolute Gasteiger partial charge is 0.375 e. The summed E-state index contributed by atoms with van der Waals surface area (Å²) in [5.74, 6) is -4.01. The molecule has 7 heteroatoms. The van der Waals surface area contributed by atoms with Gasteiger partial charge in [-0.3, -0.25) is 0 Å². The normalized spacial score (nSPS) is 13.1. The molecule has 0 fully saturated rings.